The highest BCUT2D eigenvalue weighted by Gasteiger charge is 2.24. The van der Waals surface area contributed by atoms with E-state index in [0.29, 0.717) is 17.5 Å². The van der Waals surface area contributed by atoms with Crippen LogP contribution >= 0.6 is 0 Å². The van der Waals surface area contributed by atoms with Gasteiger partial charge in [-0.25, -0.2) is 9.97 Å². The fourth-order valence-corrected chi connectivity index (χ4v) is 2.63. The van der Waals surface area contributed by atoms with Crippen molar-refractivity contribution in [3.05, 3.63) is 18.0 Å². The maximum atomic E-state index is 5.41. The lowest BCUT2D eigenvalue weighted by Gasteiger charge is -2.11. The summed E-state index contributed by atoms with van der Waals surface area (Å²) < 4.78 is 12.6. The van der Waals surface area contributed by atoms with Gasteiger partial charge < -0.3 is 14.8 Å². The van der Waals surface area contributed by atoms with Crippen molar-refractivity contribution in [3.8, 4) is 11.5 Å². The molecule has 4 rings (SSSR count). The van der Waals surface area contributed by atoms with E-state index in [9.17, 15) is 0 Å². The number of nitrogens with zero attached hydrogens (tertiary/aromatic N) is 4. The molecule has 0 atom stereocenters. The number of aryl methyl sites for hydroxylation is 1. The van der Waals surface area contributed by atoms with Gasteiger partial charge in [-0.1, -0.05) is 6.92 Å². The topological polar surface area (TPSA) is 73.6 Å². The monoisotopic (exact) mass is 313 g/mol. The highest BCUT2D eigenvalue weighted by atomic mass is 16.5. The van der Waals surface area contributed by atoms with Gasteiger partial charge in [0.2, 0.25) is 5.95 Å². The fourth-order valence-electron chi connectivity index (χ4n) is 2.63. The maximum Gasteiger partial charge on any atom is 0.226 e. The van der Waals surface area contributed by atoms with Crippen LogP contribution in [-0.4, -0.2) is 39.8 Å². The molecule has 1 aliphatic carbocycles. The first kappa shape index (κ1) is 14.0. The van der Waals surface area contributed by atoms with Crippen molar-refractivity contribution in [2.75, 3.05) is 19.5 Å². The number of benzene rings is 1. The number of aromatic nitrogens is 4. The summed E-state index contributed by atoms with van der Waals surface area (Å²) in [5.41, 5.74) is 1.60. The third-order valence-electron chi connectivity index (χ3n) is 4.05. The molecule has 0 amide bonds. The van der Waals surface area contributed by atoms with E-state index >= 15 is 0 Å². The van der Waals surface area contributed by atoms with E-state index in [2.05, 4.69) is 15.4 Å². The predicted octanol–water partition coefficient (Wildman–Crippen LogP) is 2.43. The Morgan fingerprint density at radius 1 is 1.17 bits per heavy atom. The summed E-state index contributed by atoms with van der Waals surface area (Å²) >= 11 is 0. The summed E-state index contributed by atoms with van der Waals surface area (Å²) in [7, 11) is 3.25. The highest BCUT2D eigenvalue weighted by molar-refractivity contribution is 5.94. The Labute approximate surface area is 133 Å². The molecule has 0 saturated heterocycles. The fraction of sp³-hybridized carbons (Fsp3) is 0.438. The smallest absolute Gasteiger partial charge is 0.226 e. The van der Waals surface area contributed by atoms with E-state index in [0.717, 1.165) is 34.7 Å². The van der Waals surface area contributed by atoms with Crippen molar-refractivity contribution < 1.29 is 9.47 Å². The van der Waals surface area contributed by atoms with E-state index in [4.69, 9.17) is 14.5 Å². The number of ether oxygens (including phenoxy) is 2. The summed E-state index contributed by atoms with van der Waals surface area (Å²) in [6.45, 7) is 2.04. The summed E-state index contributed by atoms with van der Waals surface area (Å²) in [5.74, 6) is 2.85. The minimum absolute atomic E-state index is 0.484. The van der Waals surface area contributed by atoms with Crippen molar-refractivity contribution in [2.24, 2.45) is 0 Å². The molecule has 2 aromatic heterocycles. The molecule has 0 spiro atoms. The summed E-state index contributed by atoms with van der Waals surface area (Å²) in [5, 5.41) is 8.90. The summed E-state index contributed by atoms with van der Waals surface area (Å²) in [6.07, 6.45) is 3.12. The Balaban J connectivity index is 2.01. The molecule has 0 radical (unpaired) electrons. The number of fused-ring (bicyclic) bond motifs is 3. The molecule has 7 nitrogen and oxygen atoms in total. The zero-order chi connectivity index (χ0) is 16.0. The molecule has 1 saturated carbocycles. The quantitative estimate of drug-likeness (QED) is 0.780. The van der Waals surface area contributed by atoms with Gasteiger partial charge in [0.1, 0.15) is 0 Å². The van der Waals surface area contributed by atoms with E-state index in [1.807, 2.05) is 19.1 Å². The van der Waals surface area contributed by atoms with Crippen molar-refractivity contribution in [2.45, 2.75) is 32.2 Å². The SMILES string of the molecule is CCc1nc2c3cc(OC)c(OC)cc3nc(NC3CC3)n2n1. The molecule has 0 bridgehead atoms. The second-order valence-corrected chi connectivity index (χ2v) is 5.70. The number of methoxy groups -OCH3 is 2. The standard InChI is InChI=1S/C16H19N5O2/c1-4-14-19-15-10-7-12(22-2)13(23-3)8-11(10)18-16(21(15)20-14)17-9-5-6-9/h7-9H,4-6H2,1-3H3,(H,17,18). The van der Waals surface area contributed by atoms with Crippen LogP contribution in [0.5, 0.6) is 11.5 Å². The van der Waals surface area contributed by atoms with Gasteiger partial charge in [0.15, 0.2) is 23.0 Å². The molecule has 1 fully saturated rings. The lowest BCUT2D eigenvalue weighted by molar-refractivity contribution is 0.356. The molecule has 120 valence electrons. The Morgan fingerprint density at radius 3 is 2.57 bits per heavy atom. The Kier molecular flexibility index (Phi) is 3.21. The molecule has 0 unspecified atom stereocenters. The first-order chi connectivity index (χ1) is 11.2. The Hall–Kier alpha value is -2.57. The predicted molar refractivity (Wildman–Crippen MR) is 87.4 cm³/mol. The van der Waals surface area contributed by atoms with Crippen LogP contribution in [0, 0.1) is 0 Å². The average Bonchev–Trinajstić information content (AvgIpc) is 3.28. The molecule has 1 aliphatic rings. The molecule has 1 N–H and O–H groups in total. The second-order valence-electron chi connectivity index (χ2n) is 5.70. The van der Waals surface area contributed by atoms with Crippen LogP contribution in [0.25, 0.3) is 16.6 Å². The Morgan fingerprint density at radius 2 is 1.91 bits per heavy atom. The minimum Gasteiger partial charge on any atom is -0.493 e. The lowest BCUT2D eigenvalue weighted by atomic mass is 10.2. The van der Waals surface area contributed by atoms with E-state index < -0.39 is 0 Å². The average molecular weight is 313 g/mol. The van der Waals surface area contributed by atoms with Crippen LogP contribution in [0.4, 0.5) is 5.95 Å². The number of rotatable bonds is 5. The van der Waals surface area contributed by atoms with Gasteiger partial charge in [-0.15, -0.1) is 5.10 Å². The zero-order valence-corrected chi connectivity index (χ0v) is 13.5. The Bertz CT molecular complexity index is 885. The minimum atomic E-state index is 0.484. The largest absolute Gasteiger partial charge is 0.493 e. The van der Waals surface area contributed by atoms with Gasteiger partial charge in [-0.3, -0.25) is 0 Å². The summed E-state index contributed by atoms with van der Waals surface area (Å²) in [6, 6.07) is 4.27. The first-order valence-corrected chi connectivity index (χ1v) is 7.81. The molecule has 2 heterocycles. The molecular weight excluding hydrogens is 294 g/mol. The van der Waals surface area contributed by atoms with Crippen LogP contribution in [0.1, 0.15) is 25.6 Å². The number of nitrogens with one attached hydrogen (secondary N) is 1. The van der Waals surface area contributed by atoms with Gasteiger partial charge >= 0.3 is 0 Å². The third kappa shape index (κ3) is 2.32. The van der Waals surface area contributed by atoms with Crippen LogP contribution in [0.3, 0.4) is 0 Å². The maximum absolute atomic E-state index is 5.41. The van der Waals surface area contributed by atoms with Gasteiger partial charge in [0.25, 0.3) is 0 Å². The van der Waals surface area contributed by atoms with Crippen molar-refractivity contribution in [3.63, 3.8) is 0 Å². The second kappa shape index (κ2) is 5.26. The molecule has 1 aromatic carbocycles. The van der Waals surface area contributed by atoms with Crippen molar-refractivity contribution >= 4 is 22.5 Å². The summed E-state index contributed by atoms with van der Waals surface area (Å²) in [4.78, 5) is 9.38. The van der Waals surface area contributed by atoms with Crippen LogP contribution in [0.2, 0.25) is 0 Å². The van der Waals surface area contributed by atoms with Gasteiger partial charge in [-0.2, -0.15) is 4.52 Å². The van der Waals surface area contributed by atoms with Crippen LogP contribution in [-0.2, 0) is 6.42 Å². The van der Waals surface area contributed by atoms with Crippen molar-refractivity contribution in [1.29, 1.82) is 0 Å². The molecule has 7 heteroatoms. The number of hydrogen-bond acceptors (Lipinski definition) is 6. The lowest BCUT2D eigenvalue weighted by Crippen LogP contribution is -2.10. The highest BCUT2D eigenvalue weighted by Crippen LogP contribution is 2.34. The molecule has 23 heavy (non-hydrogen) atoms. The number of anilines is 1. The van der Waals surface area contributed by atoms with Gasteiger partial charge in [0, 0.05) is 23.9 Å². The van der Waals surface area contributed by atoms with Gasteiger partial charge in [0.05, 0.1) is 19.7 Å². The van der Waals surface area contributed by atoms with Crippen LogP contribution < -0.4 is 14.8 Å². The molecule has 3 aromatic rings. The molecule has 0 aliphatic heterocycles. The van der Waals surface area contributed by atoms with Crippen molar-refractivity contribution in [1.82, 2.24) is 19.6 Å². The van der Waals surface area contributed by atoms with E-state index in [-0.39, 0.29) is 0 Å². The molecular formula is C16H19N5O2. The normalized spacial score (nSPS) is 14.4. The van der Waals surface area contributed by atoms with E-state index in [1.165, 1.54) is 12.8 Å². The van der Waals surface area contributed by atoms with E-state index in [1.54, 1.807) is 18.7 Å². The third-order valence-corrected chi connectivity index (χ3v) is 4.05. The first-order valence-electron chi connectivity index (χ1n) is 7.81. The zero-order valence-electron chi connectivity index (χ0n) is 13.5. The van der Waals surface area contributed by atoms with Gasteiger partial charge in [-0.05, 0) is 18.9 Å². The van der Waals surface area contributed by atoms with Crippen LogP contribution in [0.15, 0.2) is 12.1 Å². The number of hydrogen-bond donors (Lipinski definition) is 1.